The fourth-order valence-electron chi connectivity index (χ4n) is 2.87. The number of benzene rings is 1. The lowest BCUT2D eigenvalue weighted by Gasteiger charge is -2.26. The van der Waals surface area contributed by atoms with Gasteiger partial charge >= 0.3 is 0 Å². The summed E-state index contributed by atoms with van der Waals surface area (Å²) in [5.74, 6) is 0.633. The smallest absolute Gasteiger partial charge is 0.241 e. The third-order valence-electron chi connectivity index (χ3n) is 4.35. The molecule has 7 nitrogen and oxygen atoms in total. The molecular weight excluding hydrogens is 342 g/mol. The SMILES string of the molecule is CCNC(=NCC(=O)NCCc1ccccc1)NCCCN1CCOCC1. The van der Waals surface area contributed by atoms with Crippen molar-refractivity contribution in [3.63, 3.8) is 0 Å². The van der Waals surface area contributed by atoms with Gasteiger partial charge in [-0.25, -0.2) is 4.99 Å². The van der Waals surface area contributed by atoms with Gasteiger partial charge in [-0.05, 0) is 31.9 Å². The van der Waals surface area contributed by atoms with Crippen molar-refractivity contribution >= 4 is 11.9 Å². The minimum Gasteiger partial charge on any atom is -0.379 e. The summed E-state index contributed by atoms with van der Waals surface area (Å²) in [7, 11) is 0. The van der Waals surface area contributed by atoms with Crippen LogP contribution in [0.25, 0.3) is 0 Å². The zero-order valence-electron chi connectivity index (χ0n) is 16.4. The second-order valence-corrected chi connectivity index (χ2v) is 6.52. The summed E-state index contributed by atoms with van der Waals surface area (Å²) in [5, 5.41) is 9.40. The topological polar surface area (TPSA) is 78.0 Å². The van der Waals surface area contributed by atoms with Crippen LogP contribution in [0.4, 0.5) is 0 Å². The molecule has 7 heteroatoms. The van der Waals surface area contributed by atoms with Crippen LogP contribution in [0, 0.1) is 0 Å². The molecule has 3 N–H and O–H groups in total. The minimum absolute atomic E-state index is 0.0588. The fraction of sp³-hybridized carbons (Fsp3) is 0.600. The Morgan fingerprint density at radius 1 is 1.11 bits per heavy atom. The van der Waals surface area contributed by atoms with Crippen LogP contribution >= 0.6 is 0 Å². The molecule has 0 spiro atoms. The number of hydrogen-bond donors (Lipinski definition) is 3. The summed E-state index contributed by atoms with van der Waals surface area (Å²) < 4.78 is 5.36. The first-order valence-corrected chi connectivity index (χ1v) is 9.91. The van der Waals surface area contributed by atoms with E-state index in [1.165, 1.54) is 5.56 Å². The summed E-state index contributed by atoms with van der Waals surface area (Å²) in [4.78, 5) is 18.8. The summed E-state index contributed by atoms with van der Waals surface area (Å²) in [6, 6.07) is 10.1. The van der Waals surface area contributed by atoms with E-state index >= 15 is 0 Å². The van der Waals surface area contributed by atoms with Gasteiger partial charge in [0.2, 0.25) is 5.91 Å². The number of carbonyl (C=O) groups excluding carboxylic acids is 1. The number of morpholine rings is 1. The van der Waals surface area contributed by atoms with Crippen LogP contribution in [-0.2, 0) is 16.0 Å². The van der Waals surface area contributed by atoms with Crippen molar-refractivity contribution in [1.29, 1.82) is 0 Å². The minimum atomic E-state index is -0.0588. The standard InChI is InChI=1S/C20H33N5O2/c1-2-21-20(23-10-6-12-25-13-15-27-16-14-25)24-17-19(26)22-11-9-18-7-4-3-5-8-18/h3-5,7-8H,2,6,9-17H2,1H3,(H,22,26)(H2,21,23,24). The molecular formula is C20H33N5O2. The first kappa shape index (κ1) is 21.2. The van der Waals surface area contributed by atoms with Gasteiger partial charge in [0.1, 0.15) is 6.54 Å². The van der Waals surface area contributed by atoms with Crippen LogP contribution in [0.5, 0.6) is 0 Å². The Morgan fingerprint density at radius 3 is 2.63 bits per heavy atom. The maximum Gasteiger partial charge on any atom is 0.241 e. The van der Waals surface area contributed by atoms with Gasteiger partial charge in [0.05, 0.1) is 13.2 Å². The van der Waals surface area contributed by atoms with Crippen molar-refractivity contribution in [2.24, 2.45) is 4.99 Å². The normalized spacial score (nSPS) is 15.4. The van der Waals surface area contributed by atoms with Crippen LogP contribution in [0.15, 0.2) is 35.3 Å². The van der Waals surface area contributed by atoms with E-state index < -0.39 is 0 Å². The third-order valence-corrected chi connectivity index (χ3v) is 4.35. The number of aliphatic imine (C=N–C) groups is 1. The molecule has 0 aliphatic carbocycles. The molecule has 1 fully saturated rings. The molecule has 0 atom stereocenters. The second-order valence-electron chi connectivity index (χ2n) is 6.52. The van der Waals surface area contributed by atoms with Crippen molar-refractivity contribution < 1.29 is 9.53 Å². The molecule has 0 aromatic heterocycles. The molecule has 27 heavy (non-hydrogen) atoms. The lowest BCUT2D eigenvalue weighted by molar-refractivity contribution is -0.119. The molecule has 1 aromatic carbocycles. The number of ether oxygens (including phenoxy) is 1. The summed E-state index contributed by atoms with van der Waals surface area (Å²) in [5.41, 5.74) is 1.22. The Balaban J connectivity index is 1.61. The quantitative estimate of drug-likeness (QED) is 0.318. The molecule has 1 amide bonds. The van der Waals surface area contributed by atoms with E-state index in [4.69, 9.17) is 4.74 Å². The van der Waals surface area contributed by atoms with E-state index in [1.54, 1.807) is 0 Å². The molecule has 1 aliphatic heterocycles. The first-order valence-electron chi connectivity index (χ1n) is 9.91. The number of nitrogens with zero attached hydrogens (tertiary/aromatic N) is 2. The lowest BCUT2D eigenvalue weighted by atomic mass is 10.1. The maximum atomic E-state index is 12.0. The van der Waals surface area contributed by atoms with Crippen molar-refractivity contribution in [2.75, 3.05) is 59.0 Å². The monoisotopic (exact) mass is 375 g/mol. The molecule has 0 saturated carbocycles. The molecule has 0 bridgehead atoms. The van der Waals surface area contributed by atoms with E-state index in [1.807, 2.05) is 25.1 Å². The van der Waals surface area contributed by atoms with E-state index in [9.17, 15) is 4.79 Å². The highest BCUT2D eigenvalue weighted by Crippen LogP contribution is 1.98. The molecule has 1 aromatic rings. The van der Waals surface area contributed by atoms with Gasteiger partial charge in [0.15, 0.2) is 5.96 Å². The molecule has 1 aliphatic rings. The van der Waals surface area contributed by atoms with E-state index in [0.717, 1.165) is 58.8 Å². The molecule has 0 unspecified atom stereocenters. The average molecular weight is 376 g/mol. The Bertz CT molecular complexity index is 559. The predicted octanol–water partition coefficient (Wildman–Crippen LogP) is 0.623. The van der Waals surface area contributed by atoms with Gasteiger partial charge in [0.25, 0.3) is 0 Å². The molecule has 2 rings (SSSR count). The zero-order valence-corrected chi connectivity index (χ0v) is 16.4. The number of hydrogen-bond acceptors (Lipinski definition) is 4. The number of rotatable bonds is 10. The van der Waals surface area contributed by atoms with Crippen molar-refractivity contribution in [2.45, 2.75) is 19.8 Å². The van der Waals surface area contributed by atoms with Gasteiger partial charge in [-0.2, -0.15) is 0 Å². The van der Waals surface area contributed by atoms with Crippen LogP contribution in [0.1, 0.15) is 18.9 Å². The van der Waals surface area contributed by atoms with Gasteiger partial charge in [-0.15, -0.1) is 0 Å². The molecule has 1 saturated heterocycles. The van der Waals surface area contributed by atoms with Gasteiger partial charge in [-0.3, -0.25) is 9.69 Å². The molecule has 0 radical (unpaired) electrons. The van der Waals surface area contributed by atoms with Crippen molar-refractivity contribution in [1.82, 2.24) is 20.9 Å². The number of amides is 1. The third kappa shape index (κ3) is 9.40. The number of nitrogens with one attached hydrogen (secondary N) is 3. The van der Waals surface area contributed by atoms with Crippen molar-refractivity contribution in [3.05, 3.63) is 35.9 Å². The molecule has 1 heterocycles. The Kier molecular flexibility index (Phi) is 10.3. The highest BCUT2D eigenvalue weighted by atomic mass is 16.5. The second kappa shape index (κ2) is 13.1. The fourth-order valence-corrected chi connectivity index (χ4v) is 2.87. The predicted molar refractivity (Wildman–Crippen MR) is 109 cm³/mol. The lowest BCUT2D eigenvalue weighted by Crippen LogP contribution is -2.41. The summed E-state index contributed by atoms with van der Waals surface area (Å²) in [6.07, 6.45) is 1.86. The van der Waals surface area contributed by atoms with E-state index in [2.05, 4.69) is 38.0 Å². The summed E-state index contributed by atoms with van der Waals surface area (Å²) in [6.45, 7) is 9.11. The van der Waals surface area contributed by atoms with Crippen LogP contribution in [0.2, 0.25) is 0 Å². The Hall–Kier alpha value is -2.12. The first-order chi connectivity index (χ1) is 13.3. The van der Waals surface area contributed by atoms with Gasteiger partial charge < -0.3 is 20.7 Å². The van der Waals surface area contributed by atoms with Crippen molar-refractivity contribution in [3.8, 4) is 0 Å². The maximum absolute atomic E-state index is 12.0. The number of guanidine groups is 1. The largest absolute Gasteiger partial charge is 0.379 e. The Labute approximate surface area is 162 Å². The molecule has 150 valence electrons. The van der Waals surface area contributed by atoms with Gasteiger partial charge in [0, 0.05) is 32.7 Å². The highest BCUT2D eigenvalue weighted by molar-refractivity contribution is 5.84. The summed E-state index contributed by atoms with van der Waals surface area (Å²) >= 11 is 0. The zero-order chi connectivity index (χ0) is 19.2. The van der Waals surface area contributed by atoms with Gasteiger partial charge in [-0.1, -0.05) is 30.3 Å². The number of carbonyl (C=O) groups is 1. The van der Waals surface area contributed by atoms with Crippen LogP contribution in [-0.4, -0.2) is 75.8 Å². The van der Waals surface area contributed by atoms with E-state index in [0.29, 0.717) is 12.5 Å². The van der Waals surface area contributed by atoms with E-state index in [-0.39, 0.29) is 12.5 Å². The van der Waals surface area contributed by atoms with Crippen LogP contribution in [0.3, 0.4) is 0 Å². The Morgan fingerprint density at radius 2 is 1.89 bits per heavy atom. The average Bonchev–Trinajstić information content (AvgIpc) is 2.71. The van der Waals surface area contributed by atoms with Crippen LogP contribution < -0.4 is 16.0 Å². The highest BCUT2D eigenvalue weighted by Gasteiger charge is 2.09.